The predicted molar refractivity (Wildman–Crippen MR) is 92.6 cm³/mol. The standard InChI is InChI=1S/C16H20N6O3/c1-10-3-4-12(20-19-10)22-7-5-11(6-8-22)15(24)17-13-9-14(23)18-16(25)21(13)2/h3-4,9,11H,5-8H2,1-2H3,(H,17,24)(H,18,23,25). The third-order valence-electron chi connectivity index (χ3n) is 4.39. The number of amides is 1. The zero-order chi connectivity index (χ0) is 18.0. The number of aromatic nitrogens is 4. The second-order valence-corrected chi connectivity index (χ2v) is 6.17. The summed E-state index contributed by atoms with van der Waals surface area (Å²) >= 11 is 0. The van der Waals surface area contributed by atoms with Gasteiger partial charge in [0, 0.05) is 32.1 Å². The molecule has 2 aromatic heterocycles. The van der Waals surface area contributed by atoms with Gasteiger partial charge in [-0.15, -0.1) is 5.10 Å². The van der Waals surface area contributed by atoms with Gasteiger partial charge in [0.2, 0.25) is 5.91 Å². The van der Waals surface area contributed by atoms with Crippen molar-refractivity contribution in [2.75, 3.05) is 23.3 Å². The van der Waals surface area contributed by atoms with E-state index in [-0.39, 0.29) is 17.6 Å². The Balaban J connectivity index is 1.63. The van der Waals surface area contributed by atoms with E-state index in [1.165, 1.54) is 17.7 Å². The molecule has 1 saturated heterocycles. The van der Waals surface area contributed by atoms with Gasteiger partial charge in [-0.05, 0) is 31.9 Å². The largest absolute Gasteiger partial charge is 0.355 e. The maximum Gasteiger partial charge on any atom is 0.329 e. The molecule has 2 aromatic rings. The van der Waals surface area contributed by atoms with Gasteiger partial charge in [0.15, 0.2) is 5.82 Å². The molecule has 1 fully saturated rings. The number of H-pyrrole nitrogens is 1. The second-order valence-electron chi connectivity index (χ2n) is 6.17. The van der Waals surface area contributed by atoms with Crippen LogP contribution in [-0.2, 0) is 11.8 Å². The van der Waals surface area contributed by atoms with Crippen LogP contribution in [0.4, 0.5) is 11.6 Å². The van der Waals surface area contributed by atoms with Crippen LogP contribution in [0.15, 0.2) is 27.8 Å². The monoisotopic (exact) mass is 344 g/mol. The van der Waals surface area contributed by atoms with E-state index in [4.69, 9.17) is 0 Å². The SMILES string of the molecule is Cc1ccc(N2CCC(C(=O)Nc3cc(=O)[nH]c(=O)n3C)CC2)nn1. The molecule has 3 rings (SSSR count). The van der Waals surface area contributed by atoms with Gasteiger partial charge in [-0.3, -0.25) is 19.1 Å². The van der Waals surface area contributed by atoms with Gasteiger partial charge in [0.25, 0.3) is 5.56 Å². The molecule has 0 atom stereocenters. The molecule has 132 valence electrons. The summed E-state index contributed by atoms with van der Waals surface area (Å²) in [7, 11) is 1.49. The van der Waals surface area contributed by atoms with Crippen LogP contribution in [0.3, 0.4) is 0 Å². The van der Waals surface area contributed by atoms with Crippen LogP contribution in [0.25, 0.3) is 0 Å². The molecule has 1 aliphatic heterocycles. The van der Waals surface area contributed by atoms with Crippen molar-refractivity contribution >= 4 is 17.5 Å². The summed E-state index contributed by atoms with van der Waals surface area (Å²) in [6, 6.07) is 5.04. The third-order valence-corrected chi connectivity index (χ3v) is 4.39. The van der Waals surface area contributed by atoms with E-state index in [2.05, 4.69) is 25.4 Å². The second kappa shape index (κ2) is 6.88. The van der Waals surface area contributed by atoms with Crippen LogP contribution in [0, 0.1) is 12.8 Å². The number of piperidine rings is 1. The van der Waals surface area contributed by atoms with Gasteiger partial charge >= 0.3 is 5.69 Å². The van der Waals surface area contributed by atoms with E-state index in [9.17, 15) is 14.4 Å². The molecule has 9 nitrogen and oxygen atoms in total. The minimum absolute atomic E-state index is 0.177. The summed E-state index contributed by atoms with van der Waals surface area (Å²) in [5, 5.41) is 10.9. The van der Waals surface area contributed by atoms with E-state index in [0.717, 1.165) is 11.5 Å². The molecule has 0 bridgehead atoms. The minimum Gasteiger partial charge on any atom is -0.355 e. The van der Waals surface area contributed by atoms with E-state index in [0.29, 0.717) is 25.9 Å². The van der Waals surface area contributed by atoms with Crippen LogP contribution in [0.1, 0.15) is 18.5 Å². The molecule has 0 unspecified atom stereocenters. The molecule has 0 spiro atoms. The van der Waals surface area contributed by atoms with E-state index in [1.807, 2.05) is 19.1 Å². The maximum atomic E-state index is 12.4. The average Bonchev–Trinajstić information content (AvgIpc) is 2.60. The fraction of sp³-hybridized carbons (Fsp3) is 0.438. The Kier molecular flexibility index (Phi) is 4.64. The molecule has 0 radical (unpaired) electrons. The highest BCUT2D eigenvalue weighted by molar-refractivity contribution is 5.91. The highest BCUT2D eigenvalue weighted by atomic mass is 16.2. The van der Waals surface area contributed by atoms with Crippen LogP contribution in [0.5, 0.6) is 0 Å². The number of aryl methyl sites for hydroxylation is 1. The molecule has 25 heavy (non-hydrogen) atoms. The Bertz CT molecular complexity index is 878. The van der Waals surface area contributed by atoms with Gasteiger partial charge in [0.05, 0.1) is 5.69 Å². The maximum absolute atomic E-state index is 12.4. The number of hydrogen-bond acceptors (Lipinski definition) is 6. The molecular formula is C16H20N6O3. The minimum atomic E-state index is -0.560. The van der Waals surface area contributed by atoms with Gasteiger partial charge in [-0.2, -0.15) is 5.10 Å². The third kappa shape index (κ3) is 3.76. The van der Waals surface area contributed by atoms with Crippen molar-refractivity contribution < 1.29 is 4.79 Å². The van der Waals surface area contributed by atoms with E-state index >= 15 is 0 Å². The zero-order valence-electron chi connectivity index (χ0n) is 14.2. The first-order valence-corrected chi connectivity index (χ1v) is 8.10. The lowest BCUT2D eigenvalue weighted by Crippen LogP contribution is -2.39. The number of carbonyl (C=O) groups is 1. The van der Waals surface area contributed by atoms with Crippen molar-refractivity contribution in [2.45, 2.75) is 19.8 Å². The van der Waals surface area contributed by atoms with Crippen molar-refractivity contribution in [3.05, 3.63) is 44.7 Å². The van der Waals surface area contributed by atoms with Crippen molar-refractivity contribution in [3.8, 4) is 0 Å². The molecule has 9 heteroatoms. The fourth-order valence-electron chi connectivity index (χ4n) is 2.84. The predicted octanol–water partition coefficient (Wildman–Crippen LogP) is 0.0271. The Hall–Kier alpha value is -2.97. The first-order chi connectivity index (χ1) is 11.9. The summed E-state index contributed by atoms with van der Waals surface area (Å²) in [5.74, 6) is 0.645. The van der Waals surface area contributed by atoms with Crippen LogP contribution in [0.2, 0.25) is 0 Å². The molecular weight excluding hydrogens is 324 g/mol. The Labute approximate surface area is 143 Å². The lowest BCUT2D eigenvalue weighted by atomic mass is 9.96. The lowest BCUT2D eigenvalue weighted by Gasteiger charge is -2.31. The Morgan fingerprint density at radius 1 is 1.24 bits per heavy atom. The van der Waals surface area contributed by atoms with Crippen molar-refractivity contribution in [2.24, 2.45) is 13.0 Å². The smallest absolute Gasteiger partial charge is 0.329 e. The highest BCUT2D eigenvalue weighted by Gasteiger charge is 2.26. The van der Waals surface area contributed by atoms with Crippen LogP contribution in [-0.4, -0.2) is 38.7 Å². The first kappa shape index (κ1) is 16.9. The fourth-order valence-corrected chi connectivity index (χ4v) is 2.84. The van der Waals surface area contributed by atoms with Crippen molar-refractivity contribution in [1.29, 1.82) is 0 Å². The topological polar surface area (TPSA) is 113 Å². The van der Waals surface area contributed by atoms with Crippen LogP contribution >= 0.6 is 0 Å². The zero-order valence-corrected chi connectivity index (χ0v) is 14.2. The first-order valence-electron chi connectivity index (χ1n) is 8.10. The summed E-state index contributed by atoms with van der Waals surface area (Å²) in [4.78, 5) is 39.7. The molecule has 0 aliphatic carbocycles. The molecule has 2 N–H and O–H groups in total. The van der Waals surface area contributed by atoms with E-state index < -0.39 is 11.2 Å². The summed E-state index contributed by atoms with van der Waals surface area (Å²) in [6.45, 7) is 3.28. The van der Waals surface area contributed by atoms with Crippen molar-refractivity contribution in [1.82, 2.24) is 19.7 Å². The van der Waals surface area contributed by atoms with Gasteiger partial charge in [-0.25, -0.2) is 4.79 Å². The van der Waals surface area contributed by atoms with Crippen molar-refractivity contribution in [3.63, 3.8) is 0 Å². The van der Waals surface area contributed by atoms with Gasteiger partial charge in [0.1, 0.15) is 5.82 Å². The highest BCUT2D eigenvalue weighted by Crippen LogP contribution is 2.22. The Morgan fingerprint density at radius 3 is 2.60 bits per heavy atom. The summed E-state index contributed by atoms with van der Waals surface area (Å²) in [6.07, 6.45) is 1.33. The number of rotatable bonds is 3. The van der Waals surface area contributed by atoms with Gasteiger partial charge < -0.3 is 10.2 Å². The molecule has 0 saturated carbocycles. The quantitative estimate of drug-likeness (QED) is 0.812. The number of carbonyl (C=O) groups excluding carboxylic acids is 1. The number of aromatic amines is 1. The number of anilines is 2. The number of hydrogen-bond donors (Lipinski definition) is 2. The molecule has 3 heterocycles. The molecule has 0 aromatic carbocycles. The van der Waals surface area contributed by atoms with E-state index in [1.54, 1.807) is 0 Å². The summed E-state index contributed by atoms with van der Waals surface area (Å²) in [5.41, 5.74) is -0.233. The normalized spacial score (nSPS) is 15.2. The number of nitrogens with one attached hydrogen (secondary N) is 2. The Morgan fingerprint density at radius 2 is 1.96 bits per heavy atom. The summed E-state index contributed by atoms with van der Waals surface area (Å²) < 4.78 is 1.20. The molecule has 1 aliphatic rings. The lowest BCUT2D eigenvalue weighted by molar-refractivity contribution is -0.120. The van der Waals surface area contributed by atoms with Crippen LogP contribution < -0.4 is 21.5 Å². The number of nitrogens with zero attached hydrogens (tertiary/aromatic N) is 4. The molecule has 1 amide bonds. The van der Waals surface area contributed by atoms with Gasteiger partial charge in [-0.1, -0.05) is 0 Å². The average molecular weight is 344 g/mol.